The first-order valence-corrected chi connectivity index (χ1v) is 11.1. The van der Waals surface area contributed by atoms with E-state index in [4.69, 9.17) is 9.47 Å². The average Bonchev–Trinajstić information content (AvgIpc) is 3.09. The number of hydrogen-bond donors (Lipinski definition) is 0. The second kappa shape index (κ2) is 8.42. The predicted molar refractivity (Wildman–Crippen MR) is 122 cm³/mol. The van der Waals surface area contributed by atoms with E-state index in [-0.39, 0.29) is 16.9 Å². The van der Waals surface area contributed by atoms with Gasteiger partial charge in [0.25, 0.3) is 0 Å². The Balaban J connectivity index is 1.76. The molecular formula is C27H38O2. The minimum Gasteiger partial charge on any atom is -0.494 e. The summed E-state index contributed by atoms with van der Waals surface area (Å²) in [6.07, 6.45) is 3.62. The normalized spacial score (nSPS) is 20.0. The Hall–Kier alpha value is -1.96. The Morgan fingerprint density at radius 3 is 2.14 bits per heavy atom. The van der Waals surface area contributed by atoms with Gasteiger partial charge < -0.3 is 9.47 Å². The second-order valence-electron chi connectivity index (χ2n) is 10.4. The molecule has 3 rings (SSSR count). The van der Waals surface area contributed by atoms with Gasteiger partial charge in [0.1, 0.15) is 11.5 Å². The summed E-state index contributed by atoms with van der Waals surface area (Å²) in [5, 5.41) is 0. The molecule has 0 heterocycles. The Bertz CT molecular complexity index is 823. The van der Waals surface area contributed by atoms with Crippen molar-refractivity contribution < 1.29 is 9.47 Å². The molecule has 158 valence electrons. The molecule has 0 amide bonds. The van der Waals surface area contributed by atoms with Gasteiger partial charge in [-0.05, 0) is 71.8 Å². The lowest BCUT2D eigenvalue weighted by Gasteiger charge is -2.25. The minimum atomic E-state index is 0.0843. The molecule has 1 fully saturated rings. The molecule has 0 aliphatic heterocycles. The molecule has 0 radical (unpaired) electrons. The lowest BCUT2D eigenvalue weighted by atomic mass is 9.84. The summed E-state index contributed by atoms with van der Waals surface area (Å²) in [5.41, 5.74) is 4.13. The molecule has 2 unspecified atom stereocenters. The zero-order valence-corrected chi connectivity index (χ0v) is 19.3. The van der Waals surface area contributed by atoms with Crippen molar-refractivity contribution in [1.29, 1.82) is 0 Å². The van der Waals surface area contributed by atoms with Gasteiger partial charge in [0.05, 0.1) is 12.7 Å². The van der Waals surface area contributed by atoms with Crippen molar-refractivity contribution in [3.8, 4) is 11.5 Å². The van der Waals surface area contributed by atoms with Crippen LogP contribution >= 0.6 is 0 Å². The Morgan fingerprint density at radius 2 is 1.48 bits per heavy atom. The first kappa shape index (κ1) is 21.7. The van der Waals surface area contributed by atoms with Gasteiger partial charge in [-0.25, -0.2) is 0 Å². The second-order valence-corrected chi connectivity index (χ2v) is 10.4. The monoisotopic (exact) mass is 394 g/mol. The SMILES string of the molecule is CCOc1cc(C2CCC(Oc3ccccc3C(C)(C)C)C2)ccc1C(C)(C)C. The number of ether oxygens (including phenoxy) is 2. The first-order valence-electron chi connectivity index (χ1n) is 11.1. The van der Waals surface area contributed by atoms with Crippen molar-refractivity contribution in [3.63, 3.8) is 0 Å². The quantitative estimate of drug-likeness (QED) is 0.526. The van der Waals surface area contributed by atoms with Gasteiger partial charge in [-0.1, -0.05) is 71.9 Å². The van der Waals surface area contributed by atoms with Crippen LogP contribution in [0, 0.1) is 0 Å². The molecule has 0 bridgehead atoms. The van der Waals surface area contributed by atoms with E-state index in [9.17, 15) is 0 Å². The Morgan fingerprint density at radius 1 is 0.828 bits per heavy atom. The highest BCUT2D eigenvalue weighted by Crippen LogP contribution is 2.41. The van der Waals surface area contributed by atoms with Gasteiger partial charge >= 0.3 is 0 Å². The molecule has 1 aliphatic rings. The highest BCUT2D eigenvalue weighted by atomic mass is 16.5. The topological polar surface area (TPSA) is 18.5 Å². The molecule has 2 nitrogen and oxygen atoms in total. The zero-order valence-electron chi connectivity index (χ0n) is 19.3. The maximum Gasteiger partial charge on any atom is 0.123 e. The summed E-state index contributed by atoms with van der Waals surface area (Å²) >= 11 is 0. The van der Waals surface area contributed by atoms with Crippen molar-refractivity contribution >= 4 is 0 Å². The van der Waals surface area contributed by atoms with Gasteiger partial charge in [0.2, 0.25) is 0 Å². The molecule has 1 saturated carbocycles. The van der Waals surface area contributed by atoms with E-state index in [1.807, 2.05) is 0 Å². The van der Waals surface area contributed by atoms with E-state index < -0.39 is 0 Å². The largest absolute Gasteiger partial charge is 0.494 e. The van der Waals surface area contributed by atoms with Crippen LogP contribution in [0.4, 0.5) is 0 Å². The molecule has 2 aromatic rings. The van der Waals surface area contributed by atoms with Crippen molar-refractivity contribution in [2.45, 2.75) is 90.6 Å². The van der Waals surface area contributed by atoms with E-state index in [1.165, 1.54) is 23.1 Å². The van der Waals surface area contributed by atoms with Gasteiger partial charge in [-0.15, -0.1) is 0 Å². The lowest BCUT2D eigenvalue weighted by Crippen LogP contribution is -2.18. The molecule has 0 N–H and O–H groups in total. The van der Waals surface area contributed by atoms with E-state index in [1.54, 1.807) is 0 Å². The molecular weight excluding hydrogens is 356 g/mol. The van der Waals surface area contributed by atoms with Crippen LogP contribution in [0.1, 0.15) is 90.3 Å². The maximum absolute atomic E-state index is 6.51. The Labute approximate surface area is 177 Å². The third-order valence-electron chi connectivity index (χ3n) is 5.96. The smallest absolute Gasteiger partial charge is 0.123 e. The van der Waals surface area contributed by atoms with E-state index in [0.717, 1.165) is 24.3 Å². The van der Waals surface area contributed by atoms with Gasteiger partial charge in [-0.3, -0.25) is 0 Å². The van der Waals surface area contributed by atoms with E-state index in [0.29, 0.717) is 12.5 Å². The number of para-hydroxylation sites is 1. The number of benzene rings is 2. The molecule has 2 aromatic carbocycles. The first-order chi connectivity index (χ1) is 13.6. The van der Waals surface area contributed by atoms with Crippen molar-refractivity contribution in [1.82, 2.24) is 0 Å². The third kappa shape index (κ3) is 5.15. The fraction of sp³-hybridized carbons (Fsp3) is 0.556. The van der Waals surface area contributed by atoms with Crippen LogP contribution in [0.5, 0.6) is 11.5 Å². The van der Waals surface area contributed by atoms with Gasteiger partial charge in [-0.2, -0.15) is 0 Å². The van der Waals surface area contributed by atoms with Crippen LogP contribution in [0.2, 0.25) is 0 Å². The van der Waals surface area contributed by atoms with E-state index in [2.05, 4.69) is 90.9 Å². The van der Waals surface area contributed by atoms with Crippen LogP contribution in [-0.2, 0) is 10.8 Å². The fourth-order valence-corrected chi connectivity index (χ4v) is 4.41. The zero-order chi connectivity index (χ0) is 21.2. The minimum absolute atomic E-state index is 0.0843. The lowest BCUT2D eigenvalue weighted by molar-refractivity contribution is 0.203. The average molecular weight is 395 g/mol. The molecule has 0 saturated heterocycles. The molecule has 29 heavy (non-hydrogen) atoms. The highest BCUT2D eigenvalue weighted by Gasteiger charge is 2.30. The standard InChI is InChI=1S/C27H38O2/c1-8-28-25-18-20(14-16-23(25)27(5,6)7)19-13-15-21(17-19)29-24-12-10-9-11-22(24)26(2,3)4/h9-12,14,16,18-19,21H,8,13,15,17H2,1-7H3. The van der Waals surface area contributed by atoms with Crippen molar-refractivity contribution in [2.75, 3.05) is 6.61 Å². The Kier molecular flexibility index (Phi) is 6.31. The molecule has 1 aliphatic carbocycles. The molecule has 2 heteroatoms. The van der Waals surface area contributed by atoms with Gasteiger partial charge in [0, 0.05) is 0 Å². The summed E-state index contributed by atoms with van der Waals surface area (Å²) in [6.45, 7) is 16.2. The number of hydrogen-bond acceptors (Lipinski definition) is 2. The van der Waals surface area contributed by atoms with Gasteiger partial charge in [0.15, 0.2) is 0 Å². The summed E-state index contributed by atoms with van der Waals surface area (Å²) in [4.78, 5) is 0. The van der Waals surface area contributed by atoms with Crippen LogP contribution < -0.4 is 9.47 Å². The molecule has 2 atom stereocenters. The summed E-state index contributed by atoms with van der Waals surface area (Å²) < 4.78 is 12.5. The maximum atomic E-state index is 6.51. The van der Waals surface area contributed by atoms with Crippen LogP contribution in [0.15, 0.2) is 42.5 Å². The predicted octanol–water partition coefficient (Wildman–Crippen LogP) is 7.40. The summed E-state index contributed by atoms with van der Waals surface area (Å²) in [6, 6.07) is 15.4. The van der Waals surface area contributed by atoms with Crippen molar-refractivity contribution in [2.24, 2.45) is 0 Å². The summed E-state index contributed by atoms with van der Waals surface area (Å²) in [7, 11) is 0. The van der Waals surface area contributed by atoms with Crippen LogP contribution in [0.3, 0.4) is 0 Å². The summed E-state index contributed by atoms with van der Waals surface area (Å²) in [5.74, 6) is 2.62. The number of rotatable bonds is 5. The molecule has 0 aromatic heterocycles. The van der Waals surface area contributed by atoms with Crippen molar-refractivity contribution in [3.05, 3.63) is 59.2 Å². The molecule has 0 spiro atoms. The van der Waals surface area contributed by atoms with Crippen LogP contribution in [0.25, 0.3) is 0 Å². The third-order valence-corrected chi connectivity index (χ3v) is 5.96. The highest BCUT2D eigenvalue weighted by molar-refractivity contribution is 5.43. The van der Waals surface area contributed by atoms with Crippen LogP contribution in [-0.4, -0.2) is 12.7 Å². The fourth-order valence-electron chi connectivity index (χ4n) is 4.41. The van der Waals surface area contributed by atoms with E-state index >= 15 is 0 Å².